The van der Waals surface area contributed by atoms with Crippen LogP contribution in [-0.2, 0) is 0 Å². The minimum Gasteiger partial charge on any atom is -0.387 e. The van der Waals surface area contributed by atoms with Crippen LogP contribution in [0, 0.1) is 0 Å². The molecule has 14 heavy (non-hydrogen) atoms. The minimum atomic E-state index is -0.350. The largest absolute Gasteiger partial charge is 0.387 e. The number of rotatable bonds is 3. The van der Waals surface area contributed by atoms with Gasteiger partial charge in [-0.05, 0) is 32.0 Å². The van der Waals surface area contributed by atoms with E-state index in [1.807, 2.05) is 30.3 Å². The Morgan fingerprint density at radius 1 is 1.21 bits per heavy atom. The highest BCUT2D eigenvalue weighted by Gasteiger charge is 2.26. The molecule has 76 valence electrons. The quantitative estimate of drug-likeness (QED) is 0.787. The monoisotopic (exact) mass is 191 g/mol. The van der Waals surface area contributed by atoms with E-state index in [2.05, 4.69) is 11.8 Å². The van der Waals surface area contributed by atoms with Crippen LogP contribution < -0.4 is 0 Å². The lowest BCUT2D eigenvalue weighted by Crippen LogP contribution is -2.46. The van der Waals surface area contributed by atoms with E-state index in [-0.39, 0.29) is 12.1 Å². The van der Waals surface area contributed by atoms with E-state index in [1.165, 1.54) is 6.42 Å². The zero-order valence-corrected chi connectivity index (χ0v) is 8.56. The van der Waals surface area contributed by atoms with Crippen LogP contribution in [0.3, 0.4) is 0 Å². The number of aliphatic hydroxyl groups is 1. The molecule has 1 fully saturated rings. The molecule has 2 atom stereocenters. The molecular formula is C12H17NO. The fourth-order valence-corrected chi connectivity index (χ4v) is 1.88. The lowest BCUT2D eigenvalue weighted by Gasteiger charge is -2.38. The van der Waals surface area contributed by atoms with Crippen molar-refractivity contribution in [2.24, 2.45) is 0 Å². The molecule has 0 bridgehead atoms. The lowest BCUT2D eigenvalue weighted by atomic mass is 10.00. The van der Waals surface area contributed by atoms with Gasteiger partial charge in [-0.3, -0.25) is 4.90 Å². The average Bonchev–Trinajstić information content (AvgIpc) is 2.15. The van der Waals surface area contributed by atoms with Gasteiger partial charge in [0.05, 0.1) is 6.10 Å². The summed E-state index contributed by atoms with van der Waals surface area (Å²) in [5.74, 6) is 0. The summed E-state index contributed by atoms with van der Waals surface area (Å²) >= 11 is 0. The number of benzene rings is 1. The highest BCUT2D eigenvalue weighted by Crippen LogP contribution is 2.23. The number of aliphatic hydroxyl groups excluding tert-OH is 1. The summed E-state index contributed by atoms with van der Waals surface area (Å²) in [5, 5.41) is 10.1. The summed E-state index contributed by atoms with van der Waals surface area (Å²) in [6.45, 7) is 4.35. The highest BCUT2D eigenvalue weighted by molar-refractivity contribution is 5.18. The van der Waals surface area contributed by atoms with Crippen LogP contribution in [0.5, 0.6) is 0 Å². The normalized spacial score (nSPS) is 21.3. The Hall–Kier alpha value is -0.860. The summed E-state index contributed by atoms with van der Waals surface area (Å²) < 4.78 is 0. The molecule has 1 aliphatic rings. The summed E-state index contributed by atoms with van der Waals surface area (Å²) in [6, 6.07) is 10.1. The second kappa shape index (κ2) is 4.11. The topological polar surface area (TPSA) is 23.5 Å². The van der Waals surface area contributed by atoms with Crippen LogP contribution >= 0.6 is 0 Å². The standard InChI is InChI=1S/C12H17NO/c1-10(13-8-5-9-13)12(14)11-6-3-2-4-7-11/h2-4,6-7,10,12,14H,5,8-9H2,1H3/t10-,12-/m1/s1. The molecule has 0 amide bonds. The summed E-state index contributed by atoms with van der Waals surface area (Å²) in [4.78, 5) is 2.32. The van der Waals surface area contributed by atoms with Gasteiger partial charge in [0.15, 0.2) is 0 Å². The van der Waals surface area contributed by atoms with Gasteiger partial charge in [-0.15, -0.1) is 0 Å². The molecule has 1 saturated heterocycles. The number of hydrogen-bond donors (Lipinski definition) is 1. The van der Waals surface area contributed by atoms with E-state index in [0.29, 0.717) is 0 Å². The molecule has 2 nitrogen and oxygen atoms in total. The van der Waals surface area contributed by atoms with Crippen molar-refractivity contribution in [1.29, 1.82) is 0 Å². The zero-order chi connectivity index (χ0) is 9.97. The van der Waals surface area contributed by atoms with E-state index in [4.69, 9.17) is 0 Å². The molecule has 1 aliphatic heterocycles. The van der Waals surface area contributed by atoms with Crippen molar-refractivity contribution in [3.63, 3.8) is 0 Å². The van der Waals surface area contributed by atoms with Crippen LogP contribution in [0.2, 0.25) is 0 Å². The van der Waals surface area contributed by atoms with E-state index in [9.17, 15) is 5.11 Å². The maximum absolute atomic E-state index is 10.1. The Morgan fingerprint density at radius 2 is 1.86 bits per heavy atom. The maximum atomic E-state index is 10.1. The van der Waals surface area contributed by atoms with Gasteiger partial charge in [0.1, 0.15) is 0 Å². The van der Waals surface area contributed by atoms with Gasteiger partial charge >= 0.3 is 0 Å². The first-order valence-electron chi connectivity index (χ1n) is 5.26. The predicted molar refractivity (Wildman–Crippen MR) is 57.1 cm³/mol. The minimum absolute atomic E-state index is 0.242. The first-order chi connectivity index (χ1) is 6.79. The summed E-state index contributed by atoms with van der Waals surface area (Å²) in [7, 11) is 0. The van der Waals surface area contributed by atoms with Crippen molar-refractivity contribution in [1.82, 2.24) is 4.90 Å². The van der Waals surface area contributed by atoms with Crippen LogP contribution in [0.15, 0.2) is 30.3 Å². The third-order valence-corrected chi connectivity index (χ3v) is 3.06. The van der Waals surface area contributed by atoms with Gasteiger partial charge in [0, 0.05) is 6.04 Å². The smallest absolute Gasteiger partial charge is 0.0942 e. The van der Waals surface area contributed by atoms with Gasteiger partial charge in [-0.2, -0.15) is 0 Å². The molecule has 0 saturated carbocycles. The molecule has 0 unspecified atom stereocenters. The molecule has 2 heteroatoms. The third-order valence-electron chi connectivity index (χ3n) is 3.06. The van der Waals surface area contributed by atoms with E-state index in [0.717, 1.165) is 18.7 Å². The molecule has 2 rings (SSSR count). The molecule has 1 aromatic carbocycles. The van der Waals surface area contributed by atoms with Crippen LogP contribution in [0.25, 0.3) is 0 Å². The van der Waals surface area contributed by atoms with Gasteiger partial charge in [0.2, 0.25) is 0 Å². The highest BCUT2D eigenvalue weighted by atomic mass is 16.3. The molecule has 1 aromatic rings. The Labute approximate surface area is 85.2 Å². The molecule has 1 N–H and O–H groups in total. The molecular weight excluding hydrogens is 174 g/mol. The van der Waals surface area contributed by atoms with Crippen LogP contribution in [0.4, 0.5) is 0 Å². The van der Waals surface area contributed by atoms with E-state index in [1.54, 1.807) is 0 Å². The number of hydrogen-bond acceptors (Lipinski definition) is 2. The maximum Gasteiger partial charge on any atom is 0.0942 e. The second-order valence-corrected chi connectivity index (χ2v) is 3.99. The molecule has 0 radical (unpaired) electrons. The predicted octanol–water partition coefficient (Wildman–Crippen LogP) is 1.81. The lowest BCUT2D eigenvalue weighted by molar-refractivity contribution is 0.0240. The summed E-state index contributed by atoms with van der Waals surface area (Å²) in [6.07, 6.45) is 0.919. The number of nitrogens with zero attached hydrogens (tertiary/aromatic N) is 1. The van der Waals surface area contributed by atoms with Gasteiger partial charge in [-0.1, -0.05) is 30.3 Å². The van der Waals surface area contributed by atoms with Crippen molar-refractivity contribution in [2.45, 2.75) is 25.5 Å². The second-order valence-electron chi connectivity index (χ2n) is 3.99. The van der Waals surface area contributed by atoms with Crippen molar-refractivity contribution in [3.05, 3.63) is 35.9 Å². The first-order valence-corrected chi connectivity index (χ1v) is 5.26. The first kappa shape index (κ1) is 9.69. The average molecular weight is 191 g/mol. The fourth-order valence-electron chi connectivity index (χ4n) is 1.88. The van der Waals surface area contributed by atoms with Gasteiger partial charge in [-0.25, -0.2) is 0 Å². The van der Waals surface area contributed by atoms with Gasteiger partial charge < -0.3 is 5.11 Å². The molecule has 0 aliphatic carbocycles. The molecule has 0 aromatic heterocycles. The SMILES string of the molecule is C[C@H]([C@@H](O)c1ccccc1)N1CCC1. The molecule has 0 spiro atoms. The third kappa shape index (κ3) is 1.81. The Morgan fingerprint density at radius 3 is 2.36 bits per heavy atom. The Balaban J connectivity index is 2.03. The number of likely N-dealkylation sites (tertiary alicyclic amines) is 1. The van der Waals surface area contributed by atoms with E-state index < -0.39 is 0 Å². The summed E-state index contributed by atoms with van der Waals surface area (Å²) in [5.41, 5.74) is 1.02. The zero-order valence-electron chi connectivity index (χ0n) is 8.56. The Kier molecular flexibility index (Phi) is 2.85. The van der Waals surface area contributed by atoms with Crippen molar-refractivity contribution < 1.29 is 5.11 Å². The van der Waals surface area contributed by atoms with E-state index >= 15 is 0 Å². The Bertz CT molecular complexity index is 282. The molecule has 1 heterocycles. The fraction of sp³-hybridized carbons (Fsp3) is 0.500. The van der Waals surface area contributed by atoms with Gasteiger partial charge in [0.25, 0.3) is 0 Å². The van der Waals surface area contributed by atoms with Crippen LogP contribution in [0.1, 0.15) is 25.0 Å². The van der Waals surface area contributed by atoms with Crippen molar-refractivity contribution in [2.75, 3.05) is 13.1 Å². The van der Waals surface area contributed by atoms with Crippen molar-refractivity contribution >= 4 is 0 Å². The van der Waals surface area contributed by atoms with Crippen molar-refractivity contribution in [3.8, 4) is 0 Å². The van der Waals surface area contributed by atoms with Crippen LogP contribution in [-0.4, -0.2) is 29.1 Å².